The molecule has 0 aliphatic heterocycles. The van der Waals surface area contributed by atoms with E-state index >= 15 is 0 Å². The summed E-state index contributed by atoms with van der Waals surface area (Å²) in [5, 5.41) is 2.19. The van der Waals surface area contributed by atoms with Gasteiger partial charge < -0.3 is 10.2 Å². The maximum absolute atomic E-state index is 13.1. The maximum atomic E-state index is 13.1. The second-order valence-corrected chi connectivity index (χ2v) is 6.74. The van der Waals surface area contributed by atoms with Crippen molar-refractivity contribution in [2.45, 2.75) is 38.8 Å². The molecule has 4 nitrogen and oxygen atoms in total. The number of hydrogen-bond acceptors (Lipinski definition) is 2. The first-order chi connectivity index (χ1) is 11.6. The van der Waals surface area contributed by atoms with Gasteiger partial charge >= 0.3 is 6.18 Å². The van der Waals surface area contributed by atoms with Crippen LogP contribution in [0.5, 0.6) is 0 Å². The van der Waals surface area contributed by atoms with Crippen molar-refractivity contribution < 1.29 is 22.8 Å². The number of hydrogen-bond donors (Lipinski definition) is 1. The topological polar surface area (TPSA) is 49.4 Å². The molecule has 1 aliphatic rings. The minimum absolute atomic E-state index is 0.0816. The fourth-order valence-corrected chi connectivity index (χ4v) is 2.80. The second kappa shape index (κ2) is 7.23. The summed E-state index contributed by atoms with van der Waals surface area (Å²) in [6, 6.07) is 3.12. The molecule has 0 heterocycles. The smallest absolute Gasteiger partial charge is 0.345 e. The zero-order valence-electron chi connectivity index (χ0n) is 14.0. The van der Waals surface area contributed by atoms with Crippen LogP contribution in [0.2, 0.25) is 5.02 Å². The summed E-state index contributed by atoms with van der Waals surface area (Å²) in [4.78, 5) is 26.5. The maximum Gasteiger partial charge on any atom is 0.418 e. The lowest BCUT2D eigenvalue weighted by Crippen LogP contribution is -2.41. The Morgan fingerprint density at radius 1 is 1.32 bits per heavy atom. The van der Waals surface area contributed by atoms with Crippen LogP contribution in [0.3, 0.4) is 0 Å². The average Bonchev–Trinajstić information content (AvgIpc) is 3.34. The highest BCUT2D eigenvalue weighted by atomic mass is 35.5. The van der Waals surface area contributed by atoms with E-state index in [1.807, 2.05) is 6.92 Å². The molecular formula is C17H20ClF3N2O2. The molecule has 1 fully saturated rings. The molecule has 0 atom stereocenters. The highest BCUT2D eigenvalue weighted by Gasteiger charge is 2.57. The lowest BCUT2D eigenvalue weighted by atomic mass is 10.0. The molecule has 0 saturated heterocycles. The van der Waals surface area contributed by atoms with Crippen LogP contribution in [-0.2, 0) is 15.8 Å². The first kappa shape index (κ1) is 19.6. The van der Waals surface area contributed by atoms with Gasteiger partial charge in [-0.05, 0) is 37.5 Å². The molecule has 1 aromatic rings. The molecular weight excluding hydrogens is 357 g/mol. The van der Waals surface area contributed by atoms with E-state index in [0.29, 0.717) is 19.4 Å². The molecule has 2 amide bonds. The molecule has 1 aliphatic carbocycles. The highest BCUT2D eigenvalue weighted by Crippen LogP contribution is 2.48. The summed E-state index contributed by atoms with van der Waals surface area (Å²) in [7, 11) is 1.61. The Labute approximate surface area is 149 Å². The fourth-order valence-electron chi connectivity index (χ4n) is 2.63. The fraction of sp³-hybridized carbons (Fsp3) is 0.529. The summed E-state index contributed by atoms with van der Waals surface area (Å²) in [5.41, 5.74) is -2.68. The van der Waals surface area contributed by atoms with E-state index in [9.17, 15) is 22.8 Å². The third-order valence-electron chi connectivity index (χ3n) is 4.32. The normalized spacial score (nSPS) is 15.6. The molecule has 0 unspecified atom stereocenters. The van der Waals surface area contributed by atoms with Gasteiger partial charge in [0.05, 0.1) is 11.3 Å². The van der Waals surface area contributed by atoms with Crippen LogP contribution in [0.1, 0.15) is 38.2 Å². The van der Waals surface area contributed by atoms with Crippen LogP contribution >= 0.6 is 11.6 Å². The van der Waals surface area contributed by atoms with Crippen LogP contribution in [0.15, 0.2) is 18.2 Å². The van der Waals surface area contributed by atoms with Gasteiger partial charge in [-0.25, -0.2) is 0 Å². The molecule has 1 N–H and O–H groups in total. The number of nitrogens with zero attached hydrogens (tertiary/aromatic N) is 1. The van der Waals surface area contributed by atoms with E-state index in [4.69, 9.17) is 11.6 Å². The third kappa shape index (κ3) is 4.26. The summed E-state index contributed by atoms with van der Waals surface area (Å²) in [5.74, 6) is -1.05. The van der Waals surface area contributed by atoms with Gasteiger partial charge in [0, 0.05) is 18.6 Å². The van der Waals surface area contributed by atoms with Gasteiger partial charge in [0.25, 0.3) is 0 Å². The van der Waals surface area contributed by atoms with Gasteiger partial charge in [0.15, 0.2) is 0 Å². The van der Waals surface area contributed by atoms with Crippen LogP contribution < -0.4 is 5.32 Å². The number of benzene rings is 1. The van der Waals surface area contributed by atoms with Crippen molar-refractivity contribution in [3.05, 3.63) is 28.8 Å². The number of alkyl halides is 3. The van der Waals surface area contributed by atoms with E-state index in [-0.39, 0.29) is 10.9 Å². The number of carbonyl (C=O) groups excluding carboxylic acids is 2. The van der Waals surface area contributed by atoms with Crippen molar-refractivity contribution in [2.24, 2.45) is 5.41 Å². The number of nitrogens with one attached hydrogen (secondary N) is 1. The predicted octanol–water partition coefficient (Wildman–Crippen LogP) is 4.34. The summed E-state index contributed by atoms with van der Waals surface area (Å²) >= 11 is 5.63. The number of rotatable bonds is 6. The first-order valence-electron chi connectivity index (χ1n) is 8.05. The minimum atomic E-state index is -4.66. The predicted molar refractivity (Wildman–Crippen MR) is 89.3 cm³/mol. The average molecular weight is 377 g/mol. The van der Waals surface area contributed by atoms with Crippen LogP contribution in [-0.4, -0.2) is 30.3 Å². The lowest BCUT2D eigenvalue weighted by molar-refractivity contribution is -0.141. The zero-order valence-corrected chi connectivity index (χ0v) is 14.8. The van der Waals surface area contributed by atoms with Crippen LogP contribution in [0, 0.1) is 5.41 Å². The van der Waals surface area contributed by atoms with Gasteiger partial charge in [0.2, 0.25) is 11.8 Å². The molecule has 0 radical (unpaired) electrons. The molecule has 1 saturated carbocycles. The SMILES string of the molecule is CCCCN(C)C(=O)C1(C(=O)Nc2ccc(Cl)cc2C(F)(F)F)CC1. The van der Waals surface area contributed by atoms with Gasteiger partial charge in [0.1, 0.15) is 5.41 Å². The molecule has 0 spiro atoms. The van der Waals surface area contributed by atoms with Crippen molar-refractivity contribution in [1.82, 2.24) is 4.90 Å². The van der Waals surface area contributed by atoms with Crippen molar-refractivity contribution in [2.75, 3.05) is 18.9 Å². The largest absolute Gasteiger partial charge is 0.418 e. The summed E-state index contributed by atoms with van der Waals surface area (Å²) < 4.78 is 39.4. The molecule has 0 aromatic heterocycles. The van der Waals surface area contributed by atoms with Crippen molar-refractivity contribution in [3.63, 3.8) is 0 Å². The second-order valence-electron chi connectivity index (χ2n) is 6.30. The van der Waals surface area contributed by atoms with Gasteiger partial charge in [-0.1, -0.05) is 24.9 Å². The molecule has 8 heteroatoms. The van der Waals surface area contributed by atoms with E-state index in [1.165, 1.54) is 11.0 Å². The Bertz CT molecular complexity index is 672. The molecule has 0 bridgehead atoms. The Hall–Kier alpha value is -1.76. The van der Waals surface area contributed by atoms with Crippen molar-refractivity contribution in [1.29, 1.82) is 0 Å². The Balaban J connectivity index is 2.19. The van der Waals surface area contributed by atoms with E-state index in [0.717, 1.165) is 25.0 Å². The zero-order chi connectivity index (χ0) is 18.8. The highest BCUT2D eigenvalue weighted by molar-refractivity contribution is 6.30. The molecule has 1 aromatic carbocycles. The molecule has 2 rings (SSSR count). The van der Waals surface area contributed by atoms with Gasteiger partial charge in [-0.2, -0.15) is 13.2 Å². The van der Waals surface area contributed by atoms with Crippen LogP contribution in [0.25, 0.3) is 0 Å². The first-order valence-corrected chi connectivity index (χ1v) is 8.43. The monoisotopic (exact) mass is 376 g/mol. The summed E-state index contributed by atoms with van der Waals surface area (Å²) in [6.45, 7) is 2.50. The van der Waals surface area contributed by atoms with Gasteiger partial charge in [-0.3, -0.25) is 9.59 Å². The number of carbonyl (C=O) groups is 2. The van der Waals surface area contributed by atoms with Gasteiger partial charge in [-0.15, -0.1) is 0 Å². The van der Waals surface area contributed by atoms with Crippen LogP contribution in [0.4, 0.5) is 18.9 Å². The Morgan fingerprint density at radius 2 is 1.96 bits per heavy atom. The molecule has 138 valence electrons. The number of halogens is 4. The van der Waals surface area contributed by atoms with E-state index in [1.54, 1.807) is 7.05 Å². The quantitative estimate of drug-likeness (QED) is 0.751. The lowest BCUT2D eigenvalue weighted by Gasteiger charge is -2.23. The van der Waals surface area contributed by atoms with Crippen molar-refractivity contribution in [3.8, 4) is 0 Å². The number of anilines is 1. The third-order valence-corrected chi connectivity index (χ3v) is 4.56. The molecule has 25 heavy (non-hydrogen) atoms. The number of unbranched alkanes of at least 4 members (excludes halogenated alkanes) is 1. The summed E-state index contributed by atoms with van der Waals surface area (Å²) in [6.07, 6.45) is -2.29. The van der Waals surface area contributed by atoms with Crippen molar-refractivity contribution >= 4 is 29.1 Å². The standard InChI is InChI=1S/C17H20ClF3N2O2/c1-3-4-9-23(2)15(25)16(7-8-16)14(24)22-13-6-5-11(18)10-12(13)17(19,20)21/h5-6,10H,3-4,7-9H2,1-2H3,(H,22,24). The minimum Gasteiger partial charge on any atom is -0.345 e. The Morgan fingerprint density at radius 3 is 2.48 bits per heavy atom. The Kier molecular flexibility index (Phi) is 5.66. The van der Waals surface area contributed by atoms with E-state index in [2.05, 4.69) is 5.32 Å². The number of amides is 2. The van der Waals surface area contributed by atoms with E-state index < -0.39 is 28.7 Å².